The van der Waals surface area contributed by atoms with Crippen molar-refractivity contribution in [3.05, 3.63) is 45.9 Å². The molecular formula is C14H15NO4S2. The number of aromatic nitrogens is 1. The summed E-state index contributed by atoms with van der Waals surface area (Å²) in [5.41, 5.74) is 0.596. The number of benzene rings is 1. The third-order valence-electron chi connectivity index (χ3n) is 2.86. The molecule has 0 saturated carbocycles. The number of thiazole rings is 1. The van der Waals surface area contributed by atoms with E-state index in [4.69, 9.17) is 5.11 Å². The Morgan fingerprint density at radius 2 is 1.95 bits per heavy atom. The van der Waals surface area contributed by atoms with Crippen LogP contribution in [0.2, 0.25) is 0 Å². The van der Waals surface area contributed by atoms with Crippen molar-refractivity contribution < 1.29 is 18.3 Å². The second kappa shape index (κ2) is 6.36. The molecule has 0 amide bonds. The molecule has 1 N–H and O–H groups in total. The van der Waals surface area contributed by atoms with Crippen molar-refractivity contribution in [2.75, 3.05) is 0 Å². The van der Waals surface area contributed by atoms with Crippen LogP contribution in [-0.2, 0) is 22.0 Å². The van der Waals surface area contributed by atoms with Gasteiger partial charge in [-0.2, -0.15) is 0 Å². The lowest BCUT2D eigenvalue weighted by Crippen LogP contribution is -2.06. The highest BCUT2D eigenvalue weighted by Gasteiger charge is 2.18. The van der Waals surface area contributed by atoms with Crippen LogP contribution in [0.1, 0.15) is 34.4 Å². The Bertz CT molecular complexity index is 733. The first-order chi connectivity index (χ1) is 9.92. The van der Waals surface area contributed by atoms with E-state index in [0.29, 0.717) is 5.69 Å². The van der Waals surface area contributed by atoms with Gasteiger partial charge in [-0.1, -0.05) is 6.92 Å². The van der Waals surface area contributed by atoms with E-state index in [1.807, 2.05) is 6.92 Å². The van der Waals surface area contributed by atoms with Gasteiger partial charge in [-0.25, -0.2) is 18.2 Å². The van der Waals surface area contributed by atoms with Crippen LogP contribution in [0.3, 0.4) is 0 Å². The summed E-state index contributed by atoms with van der Waals surface area (Å²) in [5, 5.41) is 11.5. The van der Waals surface area contributed by atoms with Gasteiger partial charge in [0, 0.05) is 5.38 Å². The largest absolute Gasteiger partial charge is 0.478 e. The summed E-state index contributed by atoms with van der Waals surface area (Å²) in [6.45, 7) is 2.04. The fourth-order valence-corrected chi connectivity index (χ4v) is 4.09. The molecule has 0 bridgehead atoms. The van der Waals surface area contributed by atoms with Gasteiger partial charge in [0.05, 0.1) is 26.9 Å². The van der Waals surface area contributed by atoms with Crippen LogP contribution in [0, 0.1) is 0 Å². The first-order valence-electron chi connectivity index (χ1n) is 6.42. The zero-order valence-corrected chi connectivity index (χ0v) is 13.1. The Balaban J connectivity index is 2.18. The van der Waals surface area contributed by atoms with Gasteiger partial charge < -0.3 is 5.11 Å². The molecule has 21 heavy (non-hydrogen) atoms. The topological polar surface area (TPSA) is 84.3 Å². The Morgan fingerprint density at radius 1 is 1.29 bits per heavy atom. The summed E-state index contributed by atoms with van der Waals surface area (Å²) in [7, 11) is -3.51. The zero-order chi connectivity index (χ0) is 15.5. The van der Waals surface area contributed by atoms with Gasteiger partial charge in [0.1, 0.15) is 0 Å². The van der Waals surface area contributed by atoms with E-state index in [0.717, 1.165) is 17.8 Å². The highest BCUT2D eigenvalue weighted by molar-refractivity contribution is 7.90. The molecular weight excluding hydrogens is 310 g/mol. The fraction of sp³-hybridized carbons (Fsp3) is 0.286. The lowest BCUT2D eigenvalue weighted by atomic mass is 10.2. The Hall–Kier alpha value is -1.73. The van der Waals surface area contributed by atoms with Crippen LogP contribution in [0.4, 0.5) is 0 Å². The number of aromatic carboxylic acids is 1. The molecule has 0 aliphatic rings. The number of carbonyl (C=O) groups is 1. The number of carboxylic acids is 1. The van der Waals surface area contributed by atoms with Crippen LogP contribution in [0.25, 0.3) is 0 Å². The van der Waals surface area contributed by atoms with Gasteiger partial charge in [-0.15, -0.1) is 11.3 Å². The molecule has 1 aromatic heterocycles. The fourth-order valence-electron chi connectivity index (χ4n) is 1.83. The summed E-state index contributed by atoms with van der Waals surface area (Å²) in [6.07, 6.45) is 1.81. The van der Waals surface area contributed by atoms with Gasteiger partial charge in [0.15, 0.2) is 9.84 Å². The molecule has 1 aromatic carbocycles. The smallest absolute Gasteiger partial charge is 0.335 e. The molecule has 2 aromatic rings. The maximum absolute atomic E-state index is 12.3. The molecule has 112 valence electrons. The van der Waals surface area contributed by atoms with E-state index in [-0.39, 0.29) is 16.2 Å². The number of hydrogen-bond donors (Lipinski definition) is 1. The van der Waals surface area contributed by atoms with Crippen LogP contribution in [-0.4, -0.2) is 24.5 Å². The summed E-state index contributed by atoms with van der Waals surface area (Å²) >= 11 is 1.46. The SMILES string of the molecule is CCCc1nc(CS(=O)(=O)c2ccc(C(=O)O)cc2)cs1. The van der Waals surface area contributed by atoms with Crippen LogP contribution >= 0.6 is 11.3 Å². The highest BCUT2D eigenvalue weighted by Crippen LogP contribution is 2.19. The van der Waals surface area contributed by atoms with E-state index in [2.05, 4.69) is 4.98 Å². The summed E-state index contributed by atoms with van der Waals surface area (Å²) < 4.78 is 24.5. The first kappa shape index (κ1) is 15.7. The lowest BCUT2D eigenvalue weighted by Gasteiger charge is -2.03. The van der Waals surface area contributed by atoms with Crippen molar-refractivity contribution >= 4 is 27.1 Å². The highest BCUT2D eigenvalue weighted by atomic mass is 32.2. The molecule has 2 rings (SSSR count). The standard InChI is InChI=1S/C14H15NO4S2/c1-2-3-13-15-11(8-20-13)9-21(18,19)12-6-4-10(5-7-12)14(16)17/h4-8H,2-3,9H2,1H3,(H,16,17). The van der Waals surface area contributed by atoms with Crippen molar-refractivity contribution in [2.24, 2.45) is 0 Å². The molecule has 0 saturated heterocycles. The van der Waals surface area contributed by atoms with Crippen molar-refractivity contribution in [3.63, 3.8) is 0 Å². The van der Waals surface area contributed by atoms with E-state index in [1.165, 1.54) is 35.6 Å². The van der Waals surface area contributed by atoms with Gasteiger partial charge in [-0.05, 0) is 37.1 Å². The number of hydrogen-bond acceptors (Lipinski definition) is 5. The van der Waals surface area contributed by atoms with E-state index in [1.54, 1.807) is 5.38 Å². The zero-order valence-electron chi connectivity index (χ0n) is 11.4. The Morgan fingerprint density at radius 3 is 2.52 bits per heavy atom. The molecule has 0 unspecified atom stereocenters. The molecule has 0 aliphatic heterocycles. The van der Waals surface area contributed by atoms with Gasteiger partial charge in [-0.3, -0.25) is 0 Å². The molecule has 0 fully saturated rings. The van der Waals surface area contributed by atoms with Crippen LogP contribution in [0.15, 0.2) is 34.5 Å². The summed E-state index contributed by atoms with van der Waals surface area (Å²) in [6, 6.07) is 5.22. The van der Waals surface area contributed by atoms with Crippen LogP contribution < -0.4 is 0 Å². The molecule has 5 nitrogen and oxygen atoms in total. The average molecular weight is 325 g/mol. The second-order valence-corrected chi connectivity index (χ2v) is 7.50. The molecule has 0 aliphatic carbocycles. The molecule has 7 heteroatoms. The van der Waals surface area contributed by atoms with Crippen molar-refractivity contribution in [2.45, 2.75) is 30.4 Å². The van der Waals surface area contributed by atoms with E-state index < -0.39 is 15.8 Å². The van der Waals surface area contributed by atoms with Crippen molar-refractivity contribution in [1.29, 1.82) is 0 Å². The minimum absolute atomic E-state index is 0.0628. The third kappa shape index (κ3) is 3.89. The summed E-state index contributed by atoms with van der Waals surface area (Å²) in [5.74, 6) is -1.25. The normalized spacial score (nSPS) is 11.5. The Labute approximate surface area is 127 Å². The molecule has 0 radical (unpaired) electrons. The third-order valence-corrected chi connectivity index (χ3v) is 5.49. The van der Waals surface area contributed by atoms with Gasteiger partial charge in [0.2, 0.25) is 0 Å². The van der Waals surface area contributed by atoms with E-state index in [9.17, 15) is 13.2 Å². The summed E-state index contributed by atoms with van der Waals surface area (Å²) in [4.78, 5) is 15.2. The predicted molar refractivity (Wildman–Crippen MR) is 80.4 cm³/mol. The predicted octanol–water partition coefficient (Wildman–Crippen LogP) is 2.77. The minimum atomic E-state index is -3.51. The number of rotatable bonds is 6. The Kier molecular flexibility index (Phi) is 4.74. The maximum Gasteiger partial charge on any atom is 0.335 e. The van der Waals surface area contributed by atoms with Gasteiger partial charge >= 0.3 is 5.97 Å². The number of carboxylic acid groups (broad SMARTS) is 1. The van der Waals surface area contributed by atoms with Crippen molar-refractivity contribution in [3.8, 4) is 0 Å². The van der Waals surface area contributed by atoms with E-state index >= 15 is 0 Å². The van der Waals surface area contributed by atoms with Crippen LogP contribution in [0.5, 0.6) is 0 Å². The number of sulfone groups is 1. The molecule has 0 atom stereocenters. The second-order valence-electron chi connectivity index (χ2n) is 4.57. The number of nitrogens with zero attached hydrogens (tertiary/aromatic N) is 1. The minimum Gasteiger partial charge on any atom is -0.478 e. The maximum atomic E-state index is 12.3. The van der Waals surface area contributed by atoms with Crippen molar-refractivity contribution in [1.82, 2.24) is 4.98 Å². The first-order valence-corrected chi connectivity index (χ1v) is 8.95. The van der Waals surface area contributed by atoms with Gasteiger partial charge in [0.25, 0.3) is 0 Å². The average Bonchev–Trinajstić information content (AvgIpc) is 2.86. The lowest BCUT2D eigenvalue weighted by molar-refractivity contribution is 0.0696. The monoisotopic (exact) mass is 325 g/mol. The molecule has 1 heterocycles. The molecule has 0 spiro atoms. The number of aryl methyl sites for hydroxylation is 1. The quantitative estimate of drug-likeness (QED) is 0.883.